The fourth-order valence-electron chi connectivity index (χ4n) is 1.91. The summed E-state index contributed by atoms with van der Waals surface area (Å²) in [5.41, 5.74) is -0.107. The van der Waals surface area contributed by atoms with Crippen LogP contribution in [0.4, 0.5) is 0 Å². The first-order valence-electron chi connectivity index (χ1n) is 6.07. The van der Waals surface area contributed by atoms with Crippen molar-refractivity contribution in [2.24, 2.45) is 0 Å². The number of hydrogen-bond acceptors (Lipinski definition) is 4. The lowest BCUT2D eigenvalue weighted by molar-refractivity contribution is -0.148. The first kappa shape index (κ1) is 14.5. The summed E-state index contributed by atoms with van der Waals surface area (Å²) in [4.78, 5) is 12.1. The van der Waals surface area contributed by atoms with Crippen LogP contribution in [0, 0.1) is 0 Å². The van der Waals surface area contributed by atoms with E-state index < -0.39 is 5.54 Å². The van der Waals surface area contributed by atoms with Crippen LogP contribution in [-0.2, 0) is 15.1 Å². The Morgan fingerprint density at radius 3 is 2.56 bits per heavy atom. The monoisotopic (exact) mass is 251 g/mol. The molecule has 1 aromatic carbocycles. The Morgan fingerprint density at radius 1 is 1.33 bits per heavy atom. The third kappa shape index (κ3) is 2.82. The molecule has 18 heavy (non-hydrogen) atoms. The van der Waals surface area contributed by atoms with Crippen molar-refractivity contribution in [1.29, 1.82) is 0 Å². The average Bonchev–Trinajstić information content (AvgIpc) is 2.43. The van der Waals surface area contributed by atoms with Crippen LogP contribution in [0.5, 0.6) is 5.75 Å². The number of ether oxygens (including phenoxy) is 2. The number of esters is 1. The van der Waals surface area contributed by atoms with Crippen LogP contribution < -0.4 is 10.1 Å². The summed E-state index contributed by atoms with van der Waals surface area (Å²) in [6.45, 7) is 4.59. The Labute approximate surface area is 108 Å². The van der Waals surface area contributed by atoms with Gasteiger partial charge in [0.1, 0.15) is 11.3 Å². The van der Waals surface area contributed by atoms with Crippen LogP contribution in [0.15, 0.2) is 24.3 Å². The molecule has 1 aromatic rings. The van der Waals surface area contributed by atoms with Crippen LogP contribution in [0.1, 0.15) is 25.8 Å². The van der Waals surface area contributed by atoms with Crippen molar-refractivity contribution in [1.82, 2.24) is 5.32 Å². The highest BCUT2D eigenvalue weighted by atomic mass is 16.5. The van der Waals surface area contributed by atoms with E-state index in [0.29, 0.717) is 5.75 Å². The van der Waals surface area contributed by atoms with Gasteiger partial charge in [-0.25, -0.2) is 4.79 Å². The van der Waals surface area contributed by atoms with Crippen molar-refractivity contribution in [3.05, 3.63) is 29.8 Å². The van der Waals surface area contributed by atoms with Gasteiger partial charge in [-0.05, 0) is 26.0 Å². The topological polar surface area (TPSA) is 47.6 Å². The van der Waals surface area contributed by atoms with E-state index in [1.54, 1.807) is 7.11 Å². The van der Waals surface area contributed by atoms with Gasteiger partial charge in [0, 0.05) is 5.56 Å². The number of nitrogens with one attached hydrogen (secondary N) is 1. The quantitative estimate of drug-likeness (QED) is 0.786. The summed E-state index contributed by atoms with van der Waals surface area (Å²) in [6, 6.07) is 7.47. The standard InChI is InChI=1S/C14H21NO3/c1-5-10-15-14(2,13(16)18-4)11-8-6-7-9-12(11)17-3/h6-9,15H,5,10H2,1-4H3. The Kier molecular flexibility index (Phi) is 5.16. The van der Waals surface area contributed by atoms with E-state index in [-0.39, 0.29) is 5.97 Å². The Morgan fingerprint density at radius 2 is 2.00 bits per heavy atom. The van der Waals surface area contributed by atoms with Crippen molar-refractivity contribution in [3.63, 3.8) is 0 Å². The van der Waals surface area contributed by atoms with E-state index >= 15 is 0 Å². The van der Waals surface area contributed by atoms with Gasteiger partial charge in [-0.2, -0.15) is 0 Å². The zero-order valence-corrected chi connectivity index (χ0v) is 11.4. The highest BCUT2D eigenvalue weighted by Gasteiger charge is 2.37. The summed E-state index contributed by atoms with van der Waals surface area (Å²) < 4.78 is 10.2. The predicted molar refractivity (Wildman–Crippen MR) is 70.7 cm³/mol. The highest BCUT2D eigenvalue weighted by Crippen LogP contribution is 2.30. The predicted octanol–water partition coefficient (Wildman–Crippen LogP) is 2.08. The van der Waals surface area contributed by atoms with Crippen molar-refractivity contribution in [2.75, 3.05) is 20.8 Å². The van der Waals surface area contributed by atoms with E-state index in [9.17, 15) is 4.79 Å². The highest BCUT2D eigenvalue weighted by molar-refractivity contribution is 5.83. The van der Waals surface area contributed by atoms with Gasteiger partial charge in [-0.1, -0.05) is 25.1 Å². The normalized spacial score (nSPS) is 13.8. The molecule has 0 fully saturated rings. The molecule has 1 atom stereocenters. The SMILES string of the molecule is CCCNC(C)(C(=O)OC)c1ccccc1OC. The number of carbonyl (C=O) groups excluding carboxylic acids is 1. The largest absolute Gasteiger partial charge is 0.496 e. The molecule has 0 saturated carbocycles. The maximum atomic E-state index is 12.1. The Balaban J connectivity index is 3.20. The number of carbonyl (C=O) groups is 1. The summed E-state index contributed by atoms with van der Waals surface area (Å²) in [7, 11) is 2.99. The van der Waals surface area contributed by atoms with Crippen molar-refractivity contribution >= 4 is 5.97 Å². The Hall–Kier alpha value is -1.55. The molecule has 1 N–H and O–H groups in total. The third-order valence-corrected chi connectivity index (χ3v) is 2.97. The molecule has 0 heterocycles. The van der Waals surface area contributed by atoms with Gasteiger partial charge in [-0.3, -0.25) is 5.32 Å². The maximum Gasteiger partial charge on any atom is 0.330 e. The van der Waals surface area contributed by atoms with E-state index in [1.807, 2.05) is 38.1 Å². The van der Waals surface area contributed by atoms with Crippen LogP contribution in [-0.4, -0.2) is 26.7 Å². The van der Waals surface area contributed by atoms with Gasteiger partial charge in [0.15, 0.2) is 0 Å². The van der Waals surface area contributed by atoms with Crippen LogP contribution in [0.3, 0.4) is 0 Å². The van der Waals surface area contributed by atoms with Crippen LogP contribution in [0.25, 0.3) is 0 Å². The second-order valence-electron chi connectivity index (χ2n) is 4.24. The molecule has 0 aliphatic heterocycles. The fraction of sp³-hybridized carbons (Fsp3) is 0.500. The first-order chi connectivity index (χ1) is 8.60. The van der Waals surface area contributed by atoms with E-state index in [2.05, 4.69) is 5.32 Å². The Bertz CT molecular complexity index is 406. The molecule has 1 unspecified atom stereocenters. The number of para-hydroxylation sites is 1. The minimum Gasteiger partial charge on any atom is -0.496 e. The van der Waals surface area contributed by atoms with E-state index in [4.69, 9.17) is 9.47 Å². The van der Waals surface area contributed by atoms with Gasteiger partial charge in [0.25, 0.3) is 0 Å². The lowest BCUT2D eigenvalue weighted by atomic mass is 9.91. The molecule has 100 valence electrons. The zero-order chi connectivity index (χ0) is 13.6. The average molecular weight is 251 g/mol. The molecule has 0 aliphatic rings. The second-order valence-corrected chi connectivity index (χ2v) is 4.24. The molecule has 4 nitrogen and oxygen atoms in total. The lowest BCUT2D eigenvalue weighted by Gasteiger charge is -2.29. The molecule has 0 amide bonds. The zero-order valence-electron chi connectivity index (χ0n) is 11.4. The summed E-state index contributed by atoms with van der Waals surface area (Å²) in [6.07, 6.45) is 0.932. The van der Waals surface area contributed by atoms with Gasteiger partial charge in [0.05, 0.1) is 14.2 Å². The molecule has 0 aromatic heterocycles. The second kappa shape index (κ2) is 6.40. The molecule has 4 heteroatoms. The van der Waals surface area contributed by atoms with E-state index in [1.165, 1.54) is 7.11 Å². The summed E-state index contributed by atoms with van der Waals surface area (Å²) >= 11 is 0. The summed E-state index contributed by atoms with van der Waals surface area (Å²) in [5.74, 6) is 0.356. The molecule has 0 spiro atoms. The fourth-order valence-corrected chi connectivity index (χ4v) is 1.91. The van der Waals surface area contributed by atoms with Crippen molar-refractivity contribution in [3.8, 4) is 5.75 Å². The van der Waals surface area contributed by atoms with Gasteiger partial charge < -0.3 is 9.47 Å². The van der Waals surface area contributed by atoms with Gasteiger partial charge in [-0.15, -0.1) is 0 Å². The molecular formula is C14H21NO3. The van der Waals surface area contributed by atoms with Crippen LogP contribution >= 0.6 is 0 Å². The molecule has 1 rings (SSSR count). The number of rotatable bonds is 6. The first-order valence-corrected chi connectivity index (χ1v) is 6.07. The van der Waals surface area contributed by atoms with E-state index in [0.717, 1.165) is 18.5 Å². The van der Waals surface area contributed by atoms with Crippen LogP contribution in [0.2, 0.25) is 0 Å². The molecule has 0 saturated heterocycles. The minimum atomic E-state index is -0.892. The number of benzene rings is 1. The summed E-state index contributed by atoms with van der Waals surface area (Å²) in [5, 5.41) is 3.23. The maximum absolute atomic E-state index is 12.1. The molecule has 0 aliphatic carbocycles. The number of methoxy groups -OCH3 is 2. The van der Waals surface area contributed by atoms with Gasteiger partial charge >= 0.3 is 5.97 Å². The molecule has 0 bridgehead atoms. The van der Waals surface area contributed by atoms with Crippen molar-refractivity contribution < 1.29 is 14.3 Å². The minimum absolute atomic E-state index is 0.319. The van der Waals surface area contributed by atoms with Crippen molar-refractivity contribution in [2.45, 2.75) is 25.8 Å². The lowest BCUT2D eigenvalue weighted by Crippen LogP contribution is -2.47. The number of hydrogen-bond donors (Lipinski definition) is 1. The smallest absolute Gasteiger partial charge is 0.330 e. The molecular weight excluding hydrogens is 230 g/mol. The van der Waals surface area contributed by atoms with Gasteiger partial charge in [0.2, 0.25) is 0 Å². The third-order valence-electron chi connectivity index (χ3n) is 2.97. The molecule has 0 radical (unpaired) electrons.